The summed E-state index contributed by atoms with van der Waals surface area (Å²) in [5.41, 5.74) is 0.692. The van der Waals surface area contributed by atoms with Crippen LogP contribution in [0.5, 0.6) is 0 Å². The number of carbonyl (C=O) groups is 2. The van der Waals surface area contributed by atoms with Crippen LogP contribution in [0.1, 0.15) is 17.9 Å². The summed E-state index contributed by atoms with van der Waals surface area (Å²) in [6.45, 7) is 2.67. The molecule has 1 amide bonds. The van der Waals surface area contributed by atoms with Crippen molar-refractivity contribution in [3.05, 3.63) is 29.0 Å². The van der Waals surface area contributed by atoms with E-state index in [0.717, 1.165) is 10.8 Å². The van der Waals surface area contributed by atoms with Gasteiger partial charge in [0.25, 0.3) is 0 Å². The van der Waals surface area contributed by atoms with Crippen molar-refractivity contribution in [3.63, 3.8) is 0 Å². The average molecular weight is 320 g/mol. The van der Waals surface area contributed by atoms with Crippen molar-refractivity contribution in [2.45, 2.75) is 19.8 Å². The van der Waals surface area contributed by atoms with Gasteiger partial charge in [0.2, 0.25) is 5.91 Å². The summed E-state index contributed by atoms with van der Waals surface area (Å²) in [6.07, 6.45) is 0.720. The first-order valence-electron chi connectivity index (χ1n) is 7.04. The molecule has 3 heterocycles. The molecule has 7 heteroatoms. The van der Waals surface area contributed by atoms with Gasteiger partial charge in [0.1, 0.15) is 5.76 Å². The summed E-state index contributed by atoms with van der Waals surface area (Å²) in [4.78, 5) is 29.2. The van der Waals surface area contributed by atoms with E-state index < -0.39 is 11.9 Å². The number of amides is 1. The van der Waals surface area contributed by atoms with Crippen molar-refractivity contribution in [2.75, 3.05) is 13.1 Å². The topological polar surface area (TPSA) is 83.6 Å². The number of carboxylic acids is 1. The SMILES string of the molecule is Cc1ccc(-c2nc(CC(=O)N3CCC(C(=O)O)C3)cs2)o1. The smallest absolute Gasteiger partial charge is 0.308 e. The van der Waals surface area contributed by atoms with Gasteiger partial charge in [-0.15, -0.1) is 11.3 Å². The molecule has 6 nitrogen and oxygen atoms in total. The van der Waals surface area contributed by atoms with E-state index in [-0.39, 0.29) is 12.3 Å². The van der Waals surface area contributed by atoms with E-state index in [4.69, 9.17) is 9.52 Å². The average Bonchev–Trinajstić information content (AvgIpc) is 3.17. The Bertz CT molecular complexity index is 706. The minimum Gasteiger partial charge on any atom is -0.481 e. The Balaban J connectivity index is 1.63. The molecule has 0 aliphatic carbocycles. The van der Waals surface area contributed by atoms with Crippen molar-refractivity contribution in [1.29, 1.82) is 0 Å². The first-order chi connectivity index (χ1) is 10.5. The van der Waals surface area contributed by atoms with Crippen LogP contribution in [0.3, 0.4) is 0 Å². The molecule has 1 atom stereocenters. The summed E-state index contributed by atoms with van der Waals surface area (Å²) in [6, 6.07) is 3.73. The van der Waals surface area contributed by atoms with E-state index >= 15 is 0 Å². The second-order valence-corrected chi connectivity index (χ2v) is 6.25. The molecule has 2 aromatic rings. The normalized spacial score (nSPS) is 17.9. The summed E-state index contributed by atoms with van der Waals surface area (Å²) in [5.74, 6) is 0.171. The van der Waals surface area contributed by atoms with Crippen molar-refractivity contribution < 1.29 is 19.1 Å². The van der Waals surface area contributed by atoms with E-state index in [1.807, 2.05) is 24.4 Å². The largest absolute Gasteiger partial charge is 0.481 e. The maximum absolute atomic E-state index is 12.2. The van der Waals surface area contributed by atoms with Gasteiger partial charge in [-0.1, -0.05) is 0 Å². The van der Waals surface area contributed by atoms with E-state index in [0.29, 0.717) is 31.0 Å². The van der Waals surface area contributed by atoms with Gasteiger partial charge in [-0.05, 0) is 25.5 Å². The molecule has 1 aliphatic heterocycles. The molecule has 0 spiro atoms. The second-order valence-electron chi connectivity index (χ2n) is 5.39. The van der Waals surface area contributed by atoms with Crippen molar-refractivity contribution in [3.8, 4) is 10.8 Å². The highest BCUT2D eigenvalue weighted by Crippen LogP contribution is 2.26. The van der Waals surface area contributed by atoms with Gasteiger partial charge in [-0.3, -0.25) is 9.59 Å². The zero-order valence-electron chi connectivity index (χ0n) is 12.1. The van der Waals surface area contributed by atoms with E-state index in [1.165, 1.54) is 11.3 Å². The number of thiazole rings is 1. The van der Waals surface area contributed by atoms with Crippen LogP contribution >= 0.6 is 11.3 Å². The Morgan fingerprint density at radius 1 is 1.50 bits per heavy atom. The fourth-order valence-electron chi connectivity index (χ4n) is 2.51. The maximum atomic E-state index is 12.2. The van der Waals surface area contributed by atoms with Crippen LogP contribution in [0.25, 0.3) is 10.8 Å². The number of carbonyl (C=O) groups excluding carboxylic acids is 1. The number of rotatable bonds is 4. The zero-order chi connectivity index (χ0) is 15.7. The number of aromatic nitrogens is 1. The number of furan rings is 1. The van der Waals surface area contributed by atoms with Gasteiger partial charge in [-0.25, -0.2) is 4.98 Å². The van der Waals surface area contributed by atoms with Crippen LogP contribution in [-0.2, 0) is 16.0 Å². The number of nitrogens with zero attached hydrogens (tertiary/aromatic N) is 2. The minimum atomic E-state index is -0.834. The maximum Gasteiger partial charge on any atom is 0.308 e. The number of hydrogen-bond donors (Lipinski definition) is 1. The summed E-state index contributed by atoms with van der Waals surface area (Å²) in [7, 11) is 0. The molecule has 1 fully saturated rings. The first-order valence-corrected chi connectivity index (χ1v) is 7.92. The zero-order valence-corrected chi connectivity index (χ0v) is 12.9. The summed E-state index contributed by atoms with van der Waals surface area (Å²) in [5, 5.41) is 11.6. The lowest BCUT2D eigenvalue weighted by molar-refractivity contribution is -0.141. The molecule has 116 valence electrons. The number of aliphatic carboxylic acids is 1. The fourth-order valence-corrected chi connectivity index (χ4v) is 3.29. The number of likely N-dealkylation sites (tertiary alicyclic amines) is 1. The van der Waals surface area contributed by atoms with Gasteiger partial charge < -0.3 is 14.4 Å². The van der Waals surface area contributed by atoms with Crippen molar-refractivity contribution in [1.82, 2.24) is 9.88 Å². The van der Waals surface area contributed by atoms with Crippen LogP contribution < -0.4 is 0 Å². The first kappa shape index (κ1) is 14.8. The molecule has 0 aromatic carbocycles. The summed E-state index contributed by atoms with van der Waals surface area (Å²) >= 11 is 1.44. The van der Waals surface area contributed by atoms with E-state index in [9.17, 15) is 9.59 Å². The molecule has 0 radical (unpaired) electrons. The Labute approximate surface area is 131 Å². The number of carboxylic acid groups (broad SMARTS) is 1. The lowest BCUT2D eigenvalue weighted by Gasteiger charge is -2.14. The van der Waals surface area contributed by atoms with Crippen molar-refractivity contribution in [2.24, 2.45) is 5.92 Å². The standard InChI is InChI=1S/C15H16N2O4S/c1-9-2-3-12(21-9)14-16-11(8-22-14)6-13(18)17-5-4-10(7-17)15(19)20/h2-3,8,10H,4-7H2,1H3,(H,19,20). The highest BCUT2D eigenvalue weighted by molar-refractivity contribution is 7.13. The lowest BCUT2D eigenvalue weighted by atomic mass is 10.1. The Morgan fingerprint density at radius 2 is 2.32 bits per heavy atom. The third-order valence-corrected chi connectivity index (χ3v) is 4.63. The van der Waals surface area contributed by atoms with E-state index in [1.54, 1.807) is 4.90 Å². The van der Waals surface area contributed by atoms with Crippen LogP contribution in [0.15, 0.2) is 21.9 Å². The fraction of sp³-hybridized carbons (Fsp3) is 0.400. The third-order valence-electron chi connectivity index (χ3n) is 3.73. The third kappa shape index (κ3) is 3.04. The molecule has 1 unspecified atom stereocenters. The molecule has 1 N–H and O–H groups in total. The highest BCUT2D eigenvalue weighted by atomic mass is 32.1. The Kier molecular flexibility index (Phi) is 3.98. The molecule has 3 rings (SSSR count). The molecule has 0 bridgehead atoms. The second kappa shape index (κ2) is 5.92. The quantitative estimate of drug-likeness (QED) is 0.933. The predicted molar refractivity (Wildman–Crippen MR) is 80.6 cm³/mol. The van der Waals surface area contributed by atoms with E-state index in [2.05, 4.69) is 4.98 Å². The number of hydrogen-bond acceptors (Lipinski definition) is 5. The van der Waals surface area contributed by atoms with Crippen LogP contribution in [0.4, 0.5) is 0 Å². The molecule has 1 saturated heterocycles. The molecule has 0 saturated carbocycles. The van der Waals surface area contributed by atoms with Gasteiger partial charge in [-0.2, -0.15) is 0 Å². The van der Waals surface area contributed by atoms with Gasteiger partial charge in [0, 0.05) is 18.5 Å². The molecule has 2 aromatic heterocycles. The molecular weight excluding hydrogens is 304 g/mol. The van der Waals surface area contributed by atoms with Crippen LogP contribution in [-0.4, -0.2) is 40.0 Å². The Morgan fingerprint density at radius 3 is 2.95 bits per heavy atom. The van der Waals surface area contributed by atoms with Gasteiger partial charge in [0.15, 0.2) is 10.8 Å². The predicted octanol–water partition coefficient (Wildman–Crippen LogP) is 2.19. The van der Waals surface area contributed by atoms with Crippen LogP contribution in [0, 0.1) is 12.8 Å². The molecule has 1 aliphatic rings. The Hall–Kier alpha value is -2.15. The van der Waals surface area contributed by atoms with Gasteiger partial charge >= 0.3 is 5.97 Å². The minimum absolute atomic E-state index is 0.0729. The monoisotopic (exact) mass is 320 g/mol. The number of aryl methyl sites for hydroxylation is 1. The lowest BCUT2D eigenvalue weighted by Crippen LogP contribution is -2.31. The highest BCUT2D eigenvalue weighted by Gasteiger charge is 2.30. The van der Waals surface area contributed by atoms with Crippen LogP contribution in [0.2, 0.25) is 0 Å². The van der Waals surface area contributed by atoms with Crippen molar-refractivity contribution >= 4 is 23.2 Å². The molecular formula is C15H16N2O4S. The van der Waals surface area contributed by atoms with Gasteiger partial charge in [0.05, 0.1) is 18.0 Å². The molecule has 22 heavy (non-hydrogen) atoms. The summed E-state index contributed by atoms with van der Waals surface area (Å²) < 4.78 is 5.52.